The van der Waals surface area contributed by atoms with E-state index >= 15 is 0 Å². The zero-order valence-electron chi connectivity index (χ0n) is 8.52. The molecule has 0 aliphatic heterocycles. The zero-order valence-corrected chi connectivity index (χ0v) is 11.7. The van der Waals surface area contributed by atoms with E-state index in [1.54, 1.807) is 0 Å². The van der Waals surface area contributed by atoms with E-state index in [2.05, 4.69) is 57.0 Å². The van der Waals surface area contributed by atoms with E-state index < -0.39 is 0 Å². The maximum Gasteiger partial charge on any atom is 0.0210 e. The fourth-order valence-corrected chi connectivity index (χ4v) is 2.58. The largest absolute Gasteiger partial charge is 0.0924 e. The highest BCUT2D eigenvalue weighted by Gasteiger charge is 2.04. The number of hydrogen-bond acceptors (Lipinski definition) is 0. The van der Waals surface area contributed by atoms with Gasteiger partial charge in [0, 0.05) is 9.80 Å². The third-order valence-corrected chi connectivity index (χ3v) is 3.50. The summed E-state index contributed by atoms with van der Waals surface area (Å²) >= 11 is 7.12. The van der Waals surface area contributed by atoms with E-state index in [1.165, 1.54) is 34.9 Å². The Labute approximate surface area is 103 Å². The van der Waals surface area contributed by atoms with E-state index in [1.807, 2.05) is 0 Å². The van der Waals surface area contributed by atoms with Crippen LogP contribution in [0.4, 0.5) is 0 Å². The van der Waals surface area contributed by atoms with Gasteiger partial charge in [0.25, 0.3) is 0 Å². The molecular formula is C12H16Br2. The molecule has 78 valence electrons. The molecule has 0 saturated carbocycles. The summed E-state index contributed by atoms with van der Waals surface area (Å²) in [5, 5.41) is 1.04. The molecule has 0 aliphatic rings. The normalized spacial score (nSPS) is 10.5. The van der Waals surface area contributed by atoms with Crippen LogP contribution < -0.4 is 0 Å². The number of rotatable bonds is 5. The quantitative estimate of drug-likeness (QED) is 0.688. The first kappa shape index (κ1) is 12.3. The smallest absolute Gasteiger partial charge is 0.0210 e. The SMILES string of the molecule is CCCCc1cccc(Br)c1CCBr. The van der Waals surface area contributed by atoms with Gasteiger partial charge < -0.3 is 0 Å². The van der Waals surface area contributed by atoms with Crippen molar-refractivity contribution < 1.29 is 0 Å². The molecule has 1 rings (SSSR count). The average molecular weight is 320 g/mol. The Kier molecular flexibility index (Phi) is 5.80. The van der Waals surface area contributed by atoms with E-state index in [0.29, 0.717) is 0 Å². The zero-order chi connectivity index (χ0) is 10.4. The Morgan fingerprint density at radius 2 is 2.00 bits per heavy atom. The molecule has 1 aromatic carbocycles. The molecule has 0 radical (unpaired) electrons. The Balaban J connectivity index is 2.83. The summed E-state index contributed by atoms with van der Waals surface area (Å²) in [6.45, 7) is 2.24. The van der Waals surface area contributed by atoms with Gasteiger partial charge in [-0.2, -0.15) is 0 Å². The number of alkyl halides is 1. The summed E-state index contributed by atoms with van der Waals surface area (Å²) in [6.07, 6.45) is 4.87. The van der Waals surface area contributed by atoms with Crippen molar-refractivity contribution in [3.05, 3.63) is 33.8 Å². The summed E-state index contributed by atoms with van der Waals surface area (Å²) in [7, 11) is 0. The van der Waals surface area contributed by atoms with Crippen LogP contribution in [0.5, 0.6) is 0 Å². The van der Waals surface area contributed by atoms with E-state index in [-0.39, 0.29) is 0 Å². The number of aryl methyl sites for hydroxylation is 1. The molecule has 0 fully saturated rings. The van der Waals surface area contributed by atoms with Crippen LogP contribution in [-0.4, -0.2) is 5.33 Å². The van der Waals surface area contributed by atoms with Gasteiger partial charge in [0.15, 0.2) is 0 Å². The van der Waals surface area contributed by atoms with E-state index in [9.17, 15) is 0 Å². The molecule has 0 amide bonds. The Hall–Kier alpha value is 0.180. The van der Waals surface area contributed by atoms with Crippen LogP contribution in [0.3, 0.4) is 0 Å². The Morgan fingerprint density at radius 1 is 1.21 bits per heavy atom. The maximum absolute atomic E-state index is 3.62. The predicted molar refractivity (Wildman–Crippen MR) is 70.3 cm³/mol. The monoisotopic (exact) mass is 318 g/mol. The van der Waals surface area contributed by atoms with Crippen molar-refractivity contribution in [1.29, 1.82) is 0 Å². The van der Waals surface area contributed by atoms with Crippen LogP contribution in [0.1, 0.15) is 30.9 Å². The highest BCUT2D eigenvalue weighted by atomic mass is 79.9. The average Bonchev–Trinajstić information content (AvgIpc) is 2.19. The minimum absolute atomic E-state index is 1.04. The van der Waals surface area contributed by atoms with Crippen molar-refractivity contribution in [2.24, 2.45) is 0 Å². The lowest BCUT2D eigenvalue weighted by atomic mass is 10.0. The van der Waals surface area contributed by atoms with Crippen LogP contribution in [0, 0.1) is 0 Å². The lowest BCUT2D eigenvalue weighted by molar-refractivity contribution is 0.787. The predicted octanol–water partition coefficient (Wildman–Crippen LogP) is 4.73. The molecule has 0 unspecified atom stereocenters. The lowest BCUT2D eigenvalue weighted by Crippen LogP contribution is -1.96. The van der Waals surface area contributed by atoms with Gasteiger partial charge in [-0.25, -0.2) is 0 Å². The van der Waals surface area contributed by atoms with Gasteiger partial charge in [-0.15, -0.1) is 0 Å². The minimum atomic E-state index is 1.04. The highest BCUT2D eigenvalue weighted by molar-refractivity contribution is 9.10. The van der Waals surface area contributed by atoms with Crippen molar-refractivity contribution in [2.45, 2.75) is 32.6 Å². The summed E-state index contributed by atoms with van der Waals surface area (Å²) in [6, 6.07) is 6.51. The first-order valence-electron chi connectivity index (χ1n) is 5.11. The molecule has 0 atom stereocenters. The van der Waals surface area contributed by atoms with Gasteiger partial charge in [0.2, 0.25) is 0 Å². The second kappa shape index (κ2) is 6.62. The molecule has 0 N–H and O–H groups in total. The summed E-state index contributed by atoms with van der Waals surface area (Å²) in [5.74, 6) is 0. The standard InChI is InChI=1S/C12H16Br2/c1-2-3-5-10-6-4-7-12(14)11(10)8-9-13/h4,6-7H,2-3,5,8-9H2,1H3. The van der Waals surface area contributed by atoms with Gasteiger partial charge in [0.05, 0.1) is 0 Å². The van der Waals surface area contributed by atoms with Crippen LogP contribution in [0.25, 0.3) is 0 Å². The fourth-order valence-electron chi connectivity index (χ4n) is 1.58. The van der Waals surface area contributed by atoms with Gasteiger partial charge >= 0.3 is 0 Å². The van der Waals surface area contributed by atoms with Crippen molar-refractivity contribution >= 4 is 31.9 Å². The molecular weight excluding hydrogens is 304 g/mol. The summed E-state index contributed by atoms with van der Waals surface area (Å²) in [4.78, 5) is 0. The van der Waals surface area contributed by atoms with Crippen molar-refractivity contribution in [3.8, 4) is 0 Å². The summed E-state index contributed by atoms with van der Waals surface area (Å²) < 4.78 is 1.26. The molecule has 1 aromatic rings. The van der Waals surface area contributed by atoms with E-state index in [4.69, 9.17) is 0 Å². The van der Waals surface area contributed by atoms with Crippen LogP contribution in [-0.2, 0) is 12.8 Å². The van der Waals surface area contributed by atoms with Gasteiger partial charge in [-0.3, -0.25) is 0 Å². The first-order valence-corrected chi connectivity index (χ1v) is 7.03. The minimum Gasteiger partial charge on any atom is -0.0924 e. The Bertz CT molecular complexity index is 282. The molecule has 0 bridgehead atoms. The molecule has 0 nitrogen and oxygen atoms in total. The molecule has 0 aromatic heterocycles. The molecule has 0 spiro atoms. The molecule has 0 heterocycles. The highest BCUT2D eigenvalue weighted by Crippen LogP contribution is 2.23. The van der Waals surface area contributed by atoms with Crippen LogP contribution in [0.15, 0.2) is 22.7 Å². The Morgan fingerprint density at radius 3 is 2.64 bits per heavy atom. The van der Waals surface area contributed by atoms with E-state index in [0.717, 1.165) is 11.8 Å². The third kappa shape index (κ3) is 3.39. The maximum atomic E-state index is 3.62. The lowest BCUT2D eigenvalue weighted by Gasteiger charge is -2.09. The van der Waals surface area contributed by atoms with Gasteiger partial charge in [-0.05, 0) is 36.5 Å². The second-order valence-electron chi connectivity index (χ2n) is 3.42. The summed E-state index contributed by atoms with van der Waals surface area (Å²) in [5.41, 5.74) is 2.97. The topological polar surface area (TPSA) is 0 Å². The van der Waals surface area contributed by atoms with Crippen LogP contribution in [0.2, 0.25) is 0 Å². The number of halogens is 2. The number of benzene rings is 1. The molecule has 14 heavy (non-hydrogen) atoms. The number of unbranched alkanes of at least 4 members (excludes halogenated alkanes) is 1. The fraction of sp³-hybridized carbons (Fsp3) is 0.500. The van der Waals surface area contributed by atoms with Crippen molar-refractivity contribution in [2.75, 3.05) is 5.33 Å². The van der Waals surface area contributed by atoms with Crippen molar-refractivity contribution in [1.82, 2.24) is 0 Å². The third-order valence-electron chi connectivity index (χ3n) is 2.36. The number of hydrogen-bond donors (Lipinski definition) is 0. The van der Waals surface area contributed by atoms with Crippen molar-refractivity contribution in [3.63, 3.8) is 0 Å². The van der Waals surface area contributed by atoms with Gasteiger partial charge in [0.1, 0.15) is 0 Å². The van der Waals surface area contributed by atoms with Gasteiger partial charge in [-0.1, -0.05) is 57.3 Å². The van der Waals surface area contributed by atoms with Crippen LogP contribution >= 0.6 is 31.9 Å². The molecule has 0 saturated heterocycles. The second-order valence-corrected chi connectivity index (χ2v) is 5.07. The molecule has 0 aliphatic carbocycles. The molecule has 2 heteroatoms. The first-order chi connectivity index (χ1) is 6.79.